The monoisotopic (exact) mass is 395 g/mol. The lowest BCUT2D eigenvalue weighted by molar-refractivity contribution is 0.0697. The van der Waals surface area contributed by atoms with Crippen LogP contribution in [0.3, 0.4) is 0 Å². The van der Waals surface area contributed by atoms with E-state index < -0.39 is 5.97 Å². The largest absolute Gasteiger partial charge is 0.506 e. The van der Waals surface area contributed by atoms with Gasteiger partial charge in [-0.3, -0.25) is 4.98 Å². The van der Waals surface area contributed by atoms with Gasteiger partial charge in [0.05, 0.1) is 23.1 Å². The number of aromatic carboxylic acids is 1. The van der Waals surface area contributed by atoms with Gasteiger partial charge in [-0.1, -0.05) is 0 Å². The average Bonchev–Trinajstić information content (AvgIpc) is 3.03. The summed E-state index contributed by atoms with van der Waals surface area (Å²) in [4.78, 5) is 22.9. The molecule has 8 nitrogen and oxygen atoms in total. The summed E-state index contributed by atoms with van der Waals surface area (Å²) in [6, 6.07) is 8.58. The topological polar surface area (TPSA) is 104 Å². The van der Waals surface area contributed by atoms with Crippen LogP contribution in [-0.4, -0.2) is 61.8 Å². The molecule has 29 heavy (non-hydrogen) atoms. The number of piperidine rings is 1. The first-order chi connectivity index (χ1) is 13.9. The first-order valence-electron chi connectivity index (χ1n) is 9.75. The third kappa shape index (κ3) is 4.02. The van der Waals surface area contributed by atoms with E-state index in [4.69, 9.17) is 4.98 Å². The third-order valence-electron chi connectivity index (χ3n) is 5.44. The third-order valence-corrected chi connectivity index (χ3v) is 5.44. The molecule has 4 rings (SSSR count). The van der Waals surface area contributed by atoms with Gasteiger partial charge >= 0.3 is 5.97 Å². The number of carbonyl (C=O) groups is 1. The molecule has 0 saturated carbocycles. The van der Waals surface area contributed by atoms with Crippen molar-refractivity contribution in [3.05, 3.63) is 47.3 Å². The second kappa shape index (κ2) is 7.71. The lowest BCUT2D eigenvalue weighted by Gasteiger charge is -2.29. The van der Waals surface area contributed by atoms with Crippen LogP contribution in [0.5, 0.6) is 5.75 Å². The molecule has 8 heteroatoms. The Balaban J connectivity index is 1.75. The van der Waals surface area contributed by atoms with Crippen molar-refractivity contribution in [3.8, 4) is 5.75 Å². The number of fused-ring (bicyclic) bond motifs is 1. The molecule has 0 radical (unpaired) electrons. The Kier molecular flexibility index (Phi) is 5.10. The highest BCUT2D eigenvalue weighted by Crippen LogP contribution is 2.26. The Labute approximate surface area is 168 Å². The molecule has 152 valence electrons. The van der Waals surface area contributed by atoms with E-state index in [1.165, 1.54) is 0 Å². The number of rotatable bonds is 5. The molecule has 3 aromatic rings. The van der Waals surface area contributed by atoms with Crippen LogP contribution in [0.2, 0.25) is 0 Å². The number of pyridine rings is 1. The van der Waals surface area contributed by atoms with E-state index in [9.17, 15) is 15.0 Å². The van der Waals surface area contributed by atoms with E-state index >= 15 is 0 Å². The lowest BCUT2D eigenvalue weighted by Crippen LogP contribution is -2.37. The maximum absolute atomic E-state index is 11.5. The van der Waals surface area contributed by atoms with E-state index in [2.05, 4.69) is 22.2 Å². The minimum Gasteiger partial charge on any atom is -0.506 e. The number of nitrogens with one attached hydrogen (secondary N) is 1. The van der Waals surface area contributed by atoms with Gasteiger partial charge in [-0.2, -0.15) is 0 Å². The van der Waals surface area contributed by atoms with E-state index in [0.29, 0.717) is 35.3 Å². The maximum Gasteiger partial charge on any atom is 0.335 e. The normalized spacial score (nSPS) is 15.7. The molecule has 1 saturated heterocycles. The number of aromatic nitrogens is 3. The number of hydrogen-bond donors (Lipinski definition) is 3. The van der Waals surface area contributed by atoms with Gasteiger partial charge in [0.15, 0.2) is 0 Å². The van der Waals surface area contributed by atoms with Crippen molar-refractivity contribution < 1.29 is 15.0 Å². The highest BCUT2D eigenvalue weighted by Gasteiger charge is 2.21. The quantitative estimate of drug-likeness (QED) is 0.610. The second-order valence-electron chi connectivity index (χ2n) is 7.67. The zero-order valence-corrected chi connectivity index (χ0v) is 16.6. The number of aryl methyl sites for hydroxylation is 1. The van der Waals surface area contributed by atoms with Crippen LogP contribution < -0.4 is 5.32 Å². The van der Waals surface area contributed by atoms with Gasteiger partial charge in [-0.15, -0.1) is 0 Å². The molecule has 3 N–H and O–H groups in total. The summed E-state index contributed by atoms with van der Waals surface area (Å²) in [5, 5.41) is 23.2. The van der Waals surface area contributed by atoms with Crippen LogP contribution in [0.15, 0.2) is 30.3 Å². The molecular weight excluding hydrogens is 370 g/mol. The molecule has 0 spiro atoms. The number of nitrogens with zero attached hydrogens (tertiary/aromatic N) is 4. The van der Waals surface area contributed by atoms with Crippen molar-refractivity contribution in [2.45, 2.75) is 32.4 Å². The van der Waals surface area contributed by atoms with Crippen molar-refractivity contribution in [3.63, 3.8) is 0 Å². The molecule has 0 unspecified atom stereocenters. The van der Waals surface area contributed by atoms with Gasteiger partial charge in [-0.05, 0) is 70.2 Å². The van der Waals surface area contributed by atoms with Crippen LogP contribution in [0.25, 0.3) is 11.0 Å². The maximum atomic E-state index is 11.5. The van der Waals surface area contributed by atoms with Gasteiger partial charge in [0.2, 0.25) is 5.95 Å². The Bertz CT molecular complexity index is 1050. The first kappa shape index (κ1) is 19.2. The minimum atomic E-state index is -0.985. The van der Waals surface area contributed by atoms with Gasteiger partial charge in [0.1, 0.15) is 11.4 Å². The smallest absolute Gasteiger partial charge is 0.335 e. The summed E-state index contributed by atoms with van der Waals surface area (Å²) < 4.78 is 1.90. The summed E-state index contributed by atoms with van der Waals surface area (Å²) in [6.07, 6.45) is 2.02. The molecule has 1 aromatic carbocycles. The van der Waals surface area contributed by atoms with Crippen LogP contribution in [0.4, 0.5) is 5.95 Å². The van der Waals surface area contributed by atoms with E-state index in [1.54, 1.807) is 30.3 Å². The fourth-order valence-corrected chi connectivity index (χ4v) is 3.73. The summed E-state index contributed by atoms with van der Waals surface area (Å²) in [6.45, 7) is 4.19. The average molecular weight is 395 g/mol. The molecule has 3 heterocycles. The zero-order chi connectivity index (χ0) is 20.5. The van der Waals surface area contributed by atoms with Gasteiger partial charge < -0.3 is 25.0 Å². The Hall–Kier alpha value is -3.13. The molecule has 2 aromatic heterocycles. The Morgan fingerprint density at radius 1 is 1.21 bits per heavy atom. The van der Waals surface area contributed by atoms with Crippen molar-refractivity contribution in [2.24, 2.45) is 0 Å². The molecule has 0 atom stereocenters. The number of imidazole rings is 1. The highest BCUT2D eigenvalue weighted by molar-refractivity contribution is 5.93. The highest BCUT2D eigenvalue weighted by atomic mass is 16.4. The predicted octanol–water partition coefficient (Wildman–Crippen LogP) is 2.70. The number of aromatic hydroxyl groups is 1. The van der Waals surface area contributed by atoms with Crippen LogP contribution in [-0.2, 0) is 6.54 Å². The van der Waals surface area contributed by atoms with Crippen molar-refractivity contribution >= 4 is 23.0 Å². The molecule has 1 aliphatic heterocycles. The number of carboxylic acid groups (broad SMARTS) is 1. The van der Waals surface area contributed by atoms with Crippen LogP contribution >= 0.6 is 0 Å². The minimum absolute atomic E-state index is 0.108. The predicted molar refractivity (Wildman–Crippen MR) is 111 cm³/mol. The molecule has 1 aliphatic rings. The SMILES string of the molecule is Cc1ccc(O)c(Cn2c(NC3CCN(C)CC3)nc3ccc(C(=O)O)cc32)n1. The lowest BCUT2D eigenvalue weighted by atomic mass is 10.1. The molecule has 0 bridgehead atoms. The first-order valence-corrected chi connectivity index (χ1v) is 9.75. The van der Waals surface area contributed by atoms with Crippen LogP contribution in [0.1, 0.15) is 34.6 Å². The van der Waals surface area contributed by atoms with E-state index in [1.807, 2.05) is 11.5 Å². The summed E-state index contributed by atoms with van der Waals surface area (Å²) in [5.74, 6) is -0.210. The van der Waals surface area contributed by atoms with Crippen molar-refractivity contribution in [2.75, 3.05) is 25.5 Å². The summed E-state index contributed by atoms with van der Waals surface area (Å²) in [7, 11) is 2.12. The summed E-state index contributed by atoms with van der Waals surface area (Å²) >= 11 is 0. The molecule has 0 amide bonds. The number of carboxylic acids is 1. The molecule has 0 aliphatic carbocycles. The number of benzene rings is 1. The number of likely N-dealkylation sites (tertiary alicyclic amines) is 1. The zero-order valence-electron chi connectivity index (χ0n) is 16.6. The van der Waals surface area contributed by atoms with Crippen LogP contribution in [0, 0.1) is 6.92 Å². The van der Waals surface area contributed by atoms with E-state index in [-0.39, 0.29) is 11.3 Å². The fourth-order valence-electron chi connectivity index (χ4n) is 3.73. The van der Waals surface area contributed by atoms with Crippen molar-refractivity contribution in [1.82, 2.24) is 19.4 Å². The van der Waals surface area contributed by atoms with Gasteiger partial charge in [-0.25, -0.2) is 9.78 Å². The van der Waals surface area contributed by atoms with E-state index in [0.717, 1.165) is 31.6 Å². The standard InChI is InChI=1S/C21H25N5O3/c1-13-3-6-19(27)17(22-13)12-26-18-11-14(20(28)29)4-5-16(18)24-21(26)23-15-7-9-25(2)10-8-15/h3-6,11,15,27H,7-10,12H2,1-2H3,(H,23,24)(H,28,29). The number of anilines is 1. The molecule has 1 fully saturated rings. The Morgan fingerprint density at radius 2 is 1.97 bits per heavy atom. The second-order valence-corrected chi connectivity index (χ2v) is 7.67. The van der Waals surface area contributed by atoms with Gasteiger partial charge in [0.25, 0.3) is 0 Å². The fraction of sp³-hybridized carbons (Fsp3) is 0.381. The van der Waals surface area contributed by atoms with Gasteiger partial charge in [0, 0.05) is 11.7 Å². The summed E-state index contributed by atoms with van der Waals surface area (Å²) in [5.41, 5.74) is 2.93. The number of hydrogen-bond acceptors (Lipinski definition) is 6. The molecular formula is C21H25N5O3. The van der Waals surface area contributed by atoms with Crippen molar-refractivity contribution in [1.29, 1.82) is 0 Å². The Morgan fingerprint density at radius 3 is 2.69 bits per heavy atom.